The predicted molar refractivity (Wildman–Crippen MR) is 108 cm³/mol. The Morgan fingerprint density at radius 1 is 1.17 bits per heavy atom. The van der Waals surface area contributed by atoms with Crippen molar-refractivity contribution in [3.63, 3.8) is 0 Å². The van der Waals surface area contributed by atoms with Crippen molar-refractivity contribution in [2.75, 3.05) is 23.1 Å². The van der Waals surface area contributed by atoms with E-state index in [1.54, 1.807) is 46.6 Å². The number of unbranched alkanes of at least 4 members (excludes halogenated alkanes) is 1. The number of carbonyl (C=O) groups is 1. The topological polar surface area (TPSA) is 54.9 Å². The minimum Gasteiger partial charge on any atom is -0.325 e. The maximum Gasteiger partial charge on any atom is 0.225 e. The molecule has 0 radical (unpaired) electrons. The highest BCUT2D eigenvalue weighted by atomic mass is 32.2. The molecule has 0 bridgehead atoms. The molecule has 4 nitrogen and oxygen atoms in total. The summed E-state index contributed by atoms with van der Waals surface area (Å²) in [5.74, 6) is 1.83. The van der Waals surface area contributed by atoms with Crippen LogP contribution in [-0.2, 0) is 4.79 Å². The minimum absolute atomic E-state index is 0.0334. The van der Waals surface area contributed by atoms with Crippen LogP contribution in [0.25, 0.3) is 0 Å². The fourth-order valence-electron chi connectivity index (χ4n) is 1.81. The van der Waals surface area contributed by atoms with Crippen LogP contribution in [0.5, 0.6) is 0 Å². The number of carbonyl (C=O) groups excluding carboxylic acids is 1. The van der Waals surface area contributed by atoms with Crippen molar-refractivity contribution >= 4 is 58.2 Å². The summed E-state index contributed by atoms with van der Waals surface area (Å²) in [5.41, 5.74) is 0.880. The molecule has 8 heteroatoms. The highest BCUT2D eigenvalue weighted by molar-refractivity contribution is 8.03. The van der Waals surface area contributed by atoms with E-state index >= 15 is 0 Å². The van der Waals surface area contributed by atoms with Crippen molar-refractivity contribution in [1.29, 1.82) is 0 Å². The first-order valence-electron chi connectivity index (χ1n) is 7.75. The van der Waals surface area contributed by atoms with Crippen molar-refractivity contribution in [3.8, 4) is 0 Å². The molecule has 1 aromatic carbocycles. The lowest BCUT2D eigenvalue weighted by Crippen LogP contribution is -2.12. The molecule has 0 atom stereocenters. The van der Waals surface area contributed by atoms with E-state index in [-0.39, 0.29) is 5.91 Å². The van der Waals surface area contributed by atoms with Crippen molar-refractivity contribution in [2.45, 2.75) is 39.8 Å². The molecule has 0 saturated heterocycles. The molecule has 1 aromatic heterocycles. The number of hydrogen-bond acceptors (Lipinski definition) is 7. The van der Waals surface area contributed by atoms with Gasteiger partial charge in [-0.2, -0.15) is 0 Å². The average molecular weight is 400 g/mol. The molecule has 0 saturated carbocycles. The number of aromatic nitrogens is 2. The van der Waals surface area contributed by atoms with Gasteiger partial charge in [0.2, 0.25) is 5.91 Å². The summed E-state index contributed by atoms with van der Waals surface area (Å²) in [6.45, 7) is 2.19. The van der Waals surface area contributed by atoms with Crippen LogP contribution in [0.3, 0.4) is 0 Å². The Kier molecular flexibility index (Phi) is 9.01. The lowest BCUT2D eigenvalue weighted by molar-refractivity contribution is -0.115. The number of rotatable bonds is 10. The lowest BCUT2D eigenvalue weighted by atomic mass is 10.3. The summed E-state index contributed by atoms with van der Waals surface area (Å²) in [5, 5.41) is 11.3. The molecule has 1 heterocycles. The second-order valence-corrected chi connectivity index (χ2v) is 9.39. The fraction of sp³-hybridized carbons (Fsp3) is 0.438. The van der Waals surface area contributed by atoms with E-state index in [1.165, 1.54) is 12.8 Å². The van der Waals surface area contributed by atoms with Gasteiger partial charge in [-0.25, -0.2) is 0 Å². The van der Waals surface area contributed by atoms with Crippen LogP contribution in [0.4, 0.5) is 5.69 Å². The van der Waals surface area contributed by atoms with Gasteiger partial charge < -0.3 is 5.32 Å². The largest absolute Gasteiger partial charge is 0.325 e. The Hall–Kier alpha value is -0.700. The van der Waals surface area contributed by atoms with Crippen LogP contribution in [0.1, 0.15) is 26.2 Å². The zero-order chi connectivity index (χ0) is 17.2. The Labute approximate surface area is 160 Å². The Morgan fingerprint density at radius 3 is 2.58 bits per heavy atom. The van der Waals surface area contributed by atoms with E-state index in [2.05, 4.69) is 22.4 Å². The highest BCUT2D eigenvalue weighted by Gasteiger charge is 2.09. The summed E-state index contributed by atoms with van der Waals surface area (Å²) in [6.07, 6.45) is 4.87. The van der Waals surface area contributed by atoms with Gasteiger partial charge in [0.05, 0.1) is 5.69 Å². The molecule has 0 fully saturated rings. The fourth-order valence-corrected chi connectivity index (χ4v) is 5.55. The first kappa shape index (κ1) is 19.6. The average Bonchev–Trinajstić information content (AvgIpc) is 3.03. The third-order valence-corrected chi connectivity index (χ3v) is 7.12. The Morgan fingerprint density at radius 2 is 1.88 bits per heavy atom. The number of thioether (sulfide) groups is 3. The molecule has 24 heavy (non-hydrogen) atoms. The van der Waals surface area contributed by atoms with E-state index in [4.69, 9.17) is 0 Å². The van der Waals surface area contributed by atoms with Gasteiger partial charge in [0.1, 0.15) is 0 Å². The summed E-state index contributed by atoms with van der Waals surface area (Å²) in [4.78, 5) is 13.2. The molecule has 0 aliphatic rings. The summed E-state index contributed by atoms with van der Waals surface area (Å²) < 4.78 is 1.95. The van der Waals surface area contributed by atoms with Crippen LogP contribution in [-0.4, -0.2) is 33.9 Å². The molecule has 0 spiro atoms. The number of hydrogen-bond donors (Lipinski definition) is 1. The smallest absolute Gasteiger partial charge is 0.225 e. The number of anilines is 1. The molecule has 0 unspecified atom stereocenters. The van der Waals surface area contributed by atoms with E-state index < -0.39 is 0 Å². The first-order valence-corrected chi connectivity index (χ1v) is 11.8. The van der Waals surface area contributed by atoms with Crippen LogP contribution in [0.2, 0.25) is 0 Å². The maximum absolute atomic E-state index is 12.1. The second-order valence-electron chi connectivity index (χ2n) is 4.88. The minimum atomic E-state index is 0.0334. The Balaban J connectivity index is 1.72. The standard InChI is InChI=1S/C16H21N3OS4/c1-3-4-10-22-15-18-19-16(24-15)23-11-9-14(20)17-12-7-5-6-8-13(12)21-2/h5-8H,3-4,9-11H2,1-2H3,(H,17,20). The molecular weight excluding hydrogens is 378 g/mol. The third kappa shape index (κ3) is 6.66. The molecule has 130 valence electrons. The monoisotopic (exact) mass is 399 g/mol. The predicted octanol–water partition coefficient (Wildman–Crippen LogP) is 5.27. The van der Waals surface area contributed by atoms with Crippen LogP contribution in [0, 0.1) is 0 Å². The molecule has 1 N–H and O–H groups in total. The third-order valence-electron chi connectivity index (χ3n) is 3.05. The number of amides is 1. The van der Waals surface area contributed by atoms with Crippen molar-refractivity contribution < 1.29 is 4.79 Å². The summed E-state index contributed by atoms with van der Waals surface area (Å²) in [6, 6.07) is 7.85. The molecule has 2 aromatic rings. The maximum atomic E-state index is 12.1. The lowest BCUT2D eigenvalue weighted by Gasteiger charge is -2.08. The second kappa shape index (κ2) is 11.0. The molecule has 1 amide bonds. The Bertz CT molecular complexity index is 648. The number of benzene rings is 1. The normalized spacial score (nSPS) is 10.8. The van der Waals surface area contributed by atoms with Gasteiger partial charge in [-0.3, -0.25) is 4.79 Å². The number of para-hydroxylation sites is 1. The molecule has 0 aliphatic heterocycles. The van der Waals surface area contributed by atoms with Gasteiger partial charge in [-0.1, -0.05) is 60.3 Å². The SMILES string of the molecule is CCCCSc1nnc(SCCC(=O)Nc2ccccc2SC)s1. The first-order chi connectivity index (χ1) is 11.7. The zero-order valence-corrected chi connectivity index (χ0v) is 17.0. The number of nitrogens with zero attached hydrogens (tertiary/aromatic N) is 2. The van der Waals surface area contributed by atoms with Gasteiger partial charge in [0, 0.05) is 22.8 Å². The van der Waals surface area contributed by atoms with E-state index in [0.717, 1.165) is 25.0 Å². The van der Waals surface area contributed by atoms with Gasteiger partial charge in [-0.05, 0) is 24.8 Å². The van der Waals surface area contributed by atoms with Crippen molar-refractivity contribution in [1.82, 2.24) is 10.2 Å². The highest BCUT2D eigenvalue weighted by Crippen LogP contribution is 2.30. The summed E-state index contributed by atoms with van der Waals surface area (Å²) >= 11 is 6.60. The molecule has 2 rings (SSSR count). The number of nitrogens with one attached hydrogen (secondary N) is 1. The van der Waals surface area contributed by atoms with Gasteiger partial charge >= 0.3 is 0 Å². The van der Waals surface area contributed by atoms with E-state index in [9.17, 15) is 4.79 Å². The van der Waals surface area contributed by atoms with E-state index in [1.807, 2.05) is 30.5 Å². The van der Waals surface area contributed by atoms with Gasteiger partial charge in [0.25, 0.3) is 0 Å². The van der Waals surface area contributed by atoms with Crippen LogP contribution in [0.15, 0.2) is 37.8 Å². The van der Waals surface area contributed by atoms with Gasteiger partial charge in [-0.15, -0.1) is 22.0 Å². The molecular formula is C16H21N3OS4. The van der Waals surface area contributed by atoms with Crippen molar-refractivity contribution in [3.05, 3.63) is 24.3 Å². The molecule has 0 aliphatic carbocycles. The van der Waals surface area contributed by atoms with E-state index in [0.29, 0.717) is 12.2 Å². The van der Waals surface area contributed by atoms with Gasteiger partial charge in [0.15, 0.2) is 8.68 Å². The zero-order valence-electron chi connectivity index (χ0n) is 13.8. The van der Waals surface area contributed by atoms with Crippen LogP contribution >= 0.6 is 46.6 Å². The van der Waals surface area contributed by atoms with Crippen molar-refractivity contribution in [2.24, 2.45) is 0 Å². The van der Waals surface area contributed by atoms with Crippen LogP contribution < -0.4 is 5.32 Å². The summed E-state index contributed by atoms with van der Waals surface area (Å²) in [7, 11) is 0. The quantitative estimate of drug-likeness (QED) is 0.434.